The second-order valence-corrected chi connectivity index (χ2v) is 11.7. The summed E-state index contributed by atoms with van der Waals surface area (Å²) < 4.78 is 17.3. The predicted octanol–water partition coefficient (Wildman–Crippen LogP) is 11.3. The van der Waals surface area contributed by atoms with Crippen LogP contribution in [0.4, 0.5) is 0 Å². The number of aromatic nitrogens is 1. The lowest BCUT2D eigenvalue weighted by molar-refractivity contribution is 0.667. The summed E-state index contributed by atoms with van der Waals surface area (Å²) in [6.07, 6.45) is 0. The third-order valence-electron chi connectivity index (χ3n) is 7.89. The maximum absolute atomic E-state index is 6.66. The summed E-state index contributed by atoms with van der Waals surface area (Å²) in [6.45, 7) is 0. The van der Waals surface area contributed by atoms with Crippen LogP contribution in [0.15, 0.2) is 121 Å². The summed E-state index contributed by atoms with van der Waals surface area (Å²) >= 11 is 7.77. The van der Waals surface area contributed by atoms with Gasteiger partial charge in [0, 0.05) is 37.1 Å². The molecule has 184 valence electrons. The predicted molar refractivity (Wildman–Crippen MR) is 168 cm³/mol. The van der Waals surface area contributed by atoms with Gasteiger partial charge in [0.1, 0.15) is 22.3 Å². The van der Waals surface area contributed by atoms with Gasteiger partial charge < -0.3 is 13.4 Å². The fourth-order valence-corrected chi connectivity index (χ4v) is 7.36. The number of para-hydroxylation sites is 2. The molecule has 3 heterocycles. The second-order valence-electron chi connectivity index (χ2n) is 9.98. The van der Waals surface area contributed by atoms with Gasteiger partial charge in [0.15, 0.2) is 0 Å². The summed E-state index contributed by atoms with van der Waals surface area (Å²) in [4.78, 5) is 0. The van der Waals surface area contributed by atoms with Gasteiger partial charge in [-0.3, -0.25) is 0 Å². The molecule has 0 bridgehead atoms. The Kier molecular flexibility index (Phi) is 4.34. The zero-order chi connectivity index (χ0) is 25.8. The Labute approximate surface area is 238 Å². The van der Waals surface area contributed by atoms with Crippen LogP contribution in [0.25, 0.3) is 82.1 Å². The fourth-order valence-electron chi connectivity index (χ4n) is 6.26. The van der Waals surface area contributed by atoms with Crippen LogP contribution in [0.5, 0.6) is 0 Å². The van der Waals surface area contributed by atoms with Gasteiger partial charge in [-0.15, -0.1) is 0 Å². The van der Waals surface area contributed by atoms with Crippen LogP contribution < -0.4 is 0 Å². The van der Waals surface area contributed by atoms with E-state index in [-0.39, 0.29) is 0 Å². The van der Waals surface area contributed by atoms with Crippen molar-refractivity contribution in [1.29, 1.82) is 0 Å². The normalized spacial score (nSPS) is 12.4. The van der Waals surface area contributed by atoms with Crippen molar-refractivity contribution in [3.05, 3.63) is 112 Å². The minimum atomic E-state index is 0.841. The Morgan fingerprint density at radius 3 is 1.90 bits per heavy atom. The Balaban J connectivity index is 1.59. The molecule has 6 aromatic carbocycles. The standard InChI is InChI=1S/C34H17Br2NO2/c35-23-16-26-32(34-29(23)21-9-3-5-11-27(21)39-34)31-25(37(26)20-14-13-18-7-1-2-8-19(18)15-20)17-24(36)33-30(31)22-10-4-6-12-28(22)38-33/h1-17H. The lowest BCUT2D eigenvalue weighted by atomic mass is 10.0. The zero-order valence-electron chi connectivity index (χ0n) is 20.3. The summed E-state index contributed by atoms with van der Waals surface area (Å²) in [5.74, 6) is 0. The largest absolute Gasteiger partial charge is 0.455 e. The van der Waals surface area contributed by atoms with Crippen LogP contribution in [-0.4, -0.2) is 4.57 Å². The van der Waals surface area contributed by atoms with Crippen molar-refractivity contribution >= 4 is 108 Å². The lowest BCUT2D eigenvalue weighted by Crippen LogP contribution is -1.94. The monoisotopic (exact) mass is 629 g/mol. The van der Waals surface area contributed by atoms with E-state index in [1.807, 2.05) is 24.3 Å². The molecule has 9 aromatic rings. The van der Waals surface area contributed by atoms with E-state index in [1.54, 1.807) is 0 Å². The van der Waals surface area contributed by atoms with Gasteiger partial charge in [-0.2, -0.15) is 0 Å². The van der Waals surface area contributed by atoms with E-state index in [2.05, 4.69) is 115 Å². The molecule has 3 aromatic heterocycles. The molecule has 0 aliphatic rings. The molecule has 3 nitrogen and oxygen atoms in total. The Hall–Kier alpha value is -4.06. The van der Waals surface area contributed by atoms with Crippen molar-refractivity contribution < 1.29 is 8.83 Å². The van der Waals surface area contributed by atoms with E-state index in [0.29, 0.717) is 0 Å². The first-order valence-corrected chi connectivity index (χ1v) is 14.3. The Morgan fingerprint density at radius 1 is 0.487 bits per heavy atom. The Bertz CT molecular complexity index is 2480. The van der Waals surface area contributed by atoms with Crippen LogP contribution >= 0.6 is 31.9 Å². The van der Waals surface area contributed by atoms with Crippen LogP contribution in [0.1, 0.15) is 0 Å². The summed E-state index contributed by atoms with van der Waals surface area (Å²) in [5, 5.41) is 8.97. The number of nitrogens with zero attached hydrogens (tertiary/aromatic N) is 1. The van der Waals surface area contributed by atoms with Gasteiger partial charge >= 0.3 is 0 Å². The number of rotatable bonds is 1. The number of benzene rings is 6. The van der Waals surface area contributed by atoms with Crippen LogP contribution in [0.2, 0.25) is 0 Å². The highest BCUT2D eigenvalue weighted by molar-refractivity contribution is 9.11. The van der Waals surface area contributed by atoms with E-state index in [9.17, 15) is 0 Å². The molecule has 5 heteroatoms. The van der Waals surface area contributed by atoms with Gasteiger partial charge in [-0.25, -0.2) is 0 Å². The SMILES string of the molecule is Brc1cc2c(c3c1oc1ccccc13)c1c3oc4ccccc4c3c(Br)cc1n2-c1ccc2ccccc2c1. The van der Waals surface area contributed by atoms with E-state index in [0.717, 1.165) is 80.3 Å². The van der Waals surface area contributed by atoms with Crippen molar-refractivity contribution in [3.8, 4) is 5.69 Å². The van der Waals surface area contributed by atoms with E-state index in [4.69, 9.17) is 8.83 Å². The molecule has 39 heavy (non-hydrogen) atoms. The highest BCUT2D eigenvalue weighted by Crippen LogP contribution is 2.49. The summed E-state index contributed by atoms with van der Waals surface area (Å²) in [5.41, 5.74) is 6.71. The lowest BCUT2D eigenvalue weighted by Gasteiger charge is -2.10. The second kappa shape index (κ2) is 7.75. The van der Waals surface area contributed by atoms with Gasteiger partial charge in [0.2, 0.25) is 0 Å². The summed E-state index contributed by atoms with van der Waals surface area (Å²) in [6, 6.07) is 36.0. The number of fused-ring (bicyclic) bond motifs is 12. The minimum absolute atomic E-state index is 0.841. The maximum atomic E-state index is 6.66. The average Bonchev–Trinajstić information content (AvgIpc) is 3.63. The van der Waals surface area contributed by atoms with E-state index in [1.165, 1.54) is 10.8 Å². The van der Waals surface area contributed by atoms with Crippen molar-refractivity contribution in [2.75, 3.05) is 0 Å². The van der Waals surface area contributed by atoms with Crippen LogP contribution in [-0.2, 0) is 0 Å². The number of hydrogen-bond acceptors (Lipinski definition) is 2. The number of furan rings is 2. The maximum Gasteiger partial charge on any atom is 0.150 e. The van der Waals surface area contributed by atoms with Gasteiger partial charge in [-0.1, -0.05) is 66.7 Å². The van der Waals surface area contributed by atoms with Crippen molar-refractivity contribution in [1.82, 2.24) is 4.57 Å². The highest BCUT2D eigenvalue weighted by atomic mass is 79.9. The molecular weight excluding hydrogens is 614 g/mol. The third-order valence-corrected chi connectivity index (χ3v) is 9.10. The van der Waals surface area contributed by atoms with Crippen molar-refractivity contribution in [3.63, 3.8) is 0 Å². The molecule has 9 rings (SSSR count). The van der Waals surface area contributed by atoms with Crippen LogP contribution in [0.3, 0.4) is 0 Å². The van der Waals surface area contributed by atoms with E-state index < -0.39 is 0 Å². The molecule has 0 radical (unpaired) electrons. The molecule has 0 saturated carbocycles. The topological polar surface area (TPSA) is 31.2 Å². The first kappa shape index (κ1) is 21.8. The molecule has 0 spiro atoms. The highest BCUT2D eigenvalue weighted by Gasteiger charge is 2.25. The van der Waals surface area contributed by atoms with Gasteiger partial charge in [0.05, 0.1) is 20.9 Å². The first-order chi connectivity index (χ1) is 19.2. The molecule has 0 amide bonds. The molecule has 0 unspecified atom stereocenters. The fraction of sp³-hybridized carbons (Fsp3) is 0. The molecule has 0 aliphatic heterocycles. The Morgan fingerprint density at radius 2 is 1.10 bits per heavy atom. The van der Waals surface area contributed by atoms with Crippen LogP contribution in [0, 0.1) is 0 Å². The van der Waals surface area contributed by atoms with Crippen molar-refractivity contribution in [2.24, 2.45) is 0 Å². The number of hydrogen-bond donors (Lipinski definition) is 0. The third kappa shape index (κ3) is 2.86. The summed E-state index contributed by atoms with van der Waals surface area (Å²) in [7, 11) is 0. The molecule has 0 saturated heterocycles. The number of halogens is 2. The zero-order valence-corrected chi connectivity index (χ0v) is 23.5. The van der Waals surface area contributed by atoms with E-state index >= 15 is 0 Å². The molecular formula is C34H17Br2NO2. The van der Waals surface area contributed by atoms with Gasteiger partial charge in [-0.05, 0) is 79.0 Å². The first-order valence-electron chi connectivity index (χ1n) is 12.7. The molecule has 0 fully saturated rings. The average molecular weight is 631 g/mol. The quantitative estimate of drug-likeness (QED) is 0.181. The molecule has 0 N–H and O–H groups in total. The van der Waals surface area contributed by atoms with Gasteiger partial charge in [0.25, 0.3) is 0 Å². The molecule has 0 aliphatic carbocycles. The van der Waals surface area contributed by atoms with Crippen molar-refractivity contribution in [2.45, 2.75) is 0 Å². The molecule has 0 atom stereocenters. The minimum Gasteiger partial charge on any atom is -0.455 e. The smallest absolute Gasteiger partial charge is 0.150 e.